The summed E-state index contributed by atoms with van der Waals surface area (Å²) in [7, 11) is 0. The predicted octanol–water partition coefficient (Wildman–Crippen LogP) is 1.40. The Morgan fingerprint density at radius 3 is 2.93 bits per heavy atom. The Labute approximate surface area is 89.4 Å². The summed E-state index contributed by atoms with van der Waals surface area (Å²) in [5.41, 5.74) is 2.48. The van der Waals surface area contributed by atoms with E-state index in [0.717, 1.165) is 13.0 Å². The van der Waals surface area contributed by atoms with Crippen LogP contribution in [-0.4, -0.2) is 18.6 Å². The van der Waals surface area contributed by atoms with Crippen LogP contribution in [0.5, 0.6) is 0 Å². The van der Waals surface area contributed by atoms with Gasteiger partial charge >= 0.3 is 5.97 Å². The molecule has 1 unspecified atom stereocenters. The minimum absolute atomic E-state index is 0.121. The van der Waals surface area contributed by atoms with E-state index in [9.17, 15) is 4.79 Å². The molecule has 2 rings (SSSR count). The molecule has 0 radical (unpaired) electrons. The summed E-state index contributed by atoms with van der Waals surface area (Å²) in [6.07, 6.45) is 0.782. The van der Waals surface area contributed by atoms with E-state index in [2.05, 4.69) is 24.4 Å². The molecule has 1 aromatic carbocycles. The third kappa shape index (κ3) is 2.36. The van der Waals surface area contributed by atoms with Crippen LogP contribution in [0.25, 0.3) is 0 Å². The number of carbonyl (C=O) groups is 1. The Morgan fingerprint density at radius 1 is 1.47 bits per heavy atom. The van der Waals surface area contributed by atoms with Crippen molar-refractivity contribution < 1.29 is 9.53 Å². The molecule has 0 saturated carbocycles. The smallest absolute Gasteiger partial charge is 0.323 e. The molecule has 1 N–H and O–H groups in total. The normalized spacial score (nSPS) is 20.3. The van der Waals surface area contributed by atoms with Crippen LogP contribution in [0.3, 0.4) is 0 Å². The van der Waals surface area contributed by atoms with Gasteiger partial charge in [-0.1, -0.05) is 24.3 Å². The van der Waals surface area contributed by atoms with Crippen molar-refractivity contribution in [2.24, 2.45) is 0 Å². The second kappa shape index (κ2) is 4.45. The lowest BCUT2D eigenvalue weighted by molar-refractivity contribution is -0.139. The number of hydrogen-bond donors (Lipinski definition) is 1. The molecule has 1 aromatic rings. The highest BCUT2D eigenvalue weighted by molar-refractivity contribution is 5.77. The molecule has 1 heterocycles. The van der Waals surface area contributed by atoms with Gasteiger partial charge in [-0.15, -0.1) is 0 Å². The van der Waals surface area contributed by atoms with Gasteiger partial charge in [0.1, 0.15) is 6.04 Å². The molecule has 0 aliphatic carbocycles. The molecule has 1 saturated heterocycles. The molecule has 3 heteroatoms. The Bertz CT molecular complexity index is 362. The molecule has 0 amide bonds. The van der Waals surface area contributed by atoms with Gasteiger partial charge in [0.05, 0.1) is 6.61 Å². The number of esters is 1. The maximum absolute atomic E-state index is 11.2. The number of ether oxygens (including phenoxy) is 1. The Kier molecular flexibility index (Phi) is 3.02. The van der Waals surface area contributed by atoms with Crippen LogP contribution in [0.4, 0.5) is 0 Å². The number of benzene rings is 1. The van der Waals surface area contributed by atoms with Crippen molar-refractivity contribution in [3.63, 3.8) is 0 Å². The fraction of sp³-hybridized carbons (Fsp3) is 0.417. The van der Waals surface area contributed by atoms with Gasteiger partial charge in [0.15, 0.2) is 0 Å². The third-order valence-corrected chi connectivity index (χ3v) is 2.74. The maximum Gasteiger partial charge on any atom is 0.323 e. The highest BCUT2D eigenvalue weighted by Crippen LogP contribution is 2.10. The van der Waals surface area contributed by atoms with E-state index in [1.165, 1.54) is 11.1 Å². The number of rotatable bonds is 3. The van der Waals surface area contributed by atoms with E-state index in [1.807, 2.05) is 12.1 Å². The molecule has 0 aromatic heterocycles. The Balaban J connectivity index is 1.93. The van der Waals surface area contributed by atoms with E-state index in [-0.39, 0.29) is 12.0 Å². The van der Waals surface area contributed by atoms with Gasteiger partial charge in [-0.3, -0.25) is 4.79 Å². The zero-order valence-electron chi connectivity index (χ0n) is 8.82. The molecule has 15 heavy (non-hydrogen) atoms. The SMILES string of the molecule is Cc1ccccc1CNC1CCOC1=O. The van der Waals surface area contributed by atoms with Crippen molar-refractivity contribution in [3.05, 3.63) is 35.4 Å². The molecule has 80 valence electrons. The number of cyclic esters (lactones) is 1. The standard InChI is InChI=1S/C12H15NO2/c1-9-4-2-3-5-10(9)8-13-11-6-7-15-12(11)14/h2-5,11,13H,6-8H2,1H3. The quantitative estimate of drug-likeness (QED) is 0.758. The molecule has 3 nitrogen and oxygen atoms in total. The summed E-state index contributed by atoms with van der Waals surface area (Å²) in [5, 5.41) is 3.21. The van der Waals surface area contributed by atoms with Gasteiger partial charge in [0.2, 0.25) is 0 Å². The first-order chi connectivity index (χ1) is 7.27. The van der Waals surface area contributed by atoms with Crippen LogP contribution in [0.1, 0.15) is 17.5 Å². The van der Waals surface area contributed by atoms with Gasteiger partial charge in [0, 0.05) is 13.0 Å². The molecule has 1 atom stereocenters. The number of hydrogen-bond acceptors (Lipinski definition) is 3. The minimum Gasteiger partial charge on any atom is -0.464 e. The van der Waals surface area contributed by atoms with Crippen molar-refractivity contribution in [1.29, 1.82) is 0 Å². The van der Waals surface area contributed by atoms with E-state index in [4.69, 9.17) is 4.74 Å². The first-order valence-corrected chi connectivity index (χ1v) is 5.22. The Hall–Kier alpha value is -1.35. The second-order valence-corrected chi connectivity index (χ2v) is 3.82. The molecular weight excluding hydrogens is 190 g/mol. The van der Waals surface area contributed by atoms with E-state index < -0.39 is 0 Å². The molecule has 0 bridgehead atoms. The molecular formula is C12H15NO2. The van der Waals surface area contributed by atoms with Gasteiger partial charge in [-0.2, -0.15) is 0 Å². The highest BCUT2D eigenvalue weighted by Gasteiger charge is 2.25. The third-order valence-electron chi connectivity index (χ3n) is 2.74. The van der Waals surface area contributed by atoms with Crippen LogP contribution in [0.15, 0.2) is 24.3 Å². The van der Waals surface area contributed by atoms with E-state index in [1.54, 1.807) is 0 Å². The molecule has 0 spiro atoms. The first kappa shape index (κ1) is 10.2. The topological polar surface area (TPSA) is 38.3 Å². The van der Waals surface area contributed by atoms with Crippen molar-refractivity contribution >= 4 is 5.97 Å². The van der Waals surface area contributed by atoms with Crippen LogP contribution >= 0.6 is 0 Å². The Morgan fingerprint density at radius 2 is 2.27 bits per heavy atom. The number of nitrogens with one attached hydrogen (secondary N) is 1. The van der Waals surface area contributed by atoms with Gasteiger partial charge in [0.25, 0.3) is 0 Å². The summed E-state index contributed by atoms with van der Waals surface area (Å²) in [5.74, 6) is -0.122. The molecule has 1 aliphatic heterocycles. The number of carbonyl (C=O) groups excluding carboxylic acids is 1. The lowest BCUT2D eigenvalue weighted by Gasteiger charge is -2.10. The van der Waals surface area contributed by atoms with Crippen molar-refractivity contribution in [2.45, 2.75) is 25.9 Å². The van der Waals surface area contributed by atoms with Crippen LogP contribution in [0.2, 0.25) is 0 Å². The average molecular weight is 205 g/mol. The highest BCUT2D eigenvalue weighted by atomic mass is 16.5. The van der Waals surface area contributed by atoms with E-state index >= 15 is 0 Å². The van der Waals surface area contributed by atoms with Crippen LogP contribution in [0, 0.1) is 6.92 Å². The average Bonchev–Trinajstić information content (AvgIpc) is 2.63. The van der Waals surface area contributed by atoms with Crippen molar-refractivity contribution in [3.8, 4) is 0 Å². The lowest BCUT2D eigenvalue weighted by atomic mass is 10.1. The van der Waals surface area contributed by atoms with Crippen LogP contribution in [-0.2, 0) is 16.1 Å². The summed E-state index contributed by atoms with van der Waals surface area (Å²) in [6, 6.07) is 8.05. The first-order valence-electron chi connectivity index (χ1n) is 5.22. The fourth-order valence-electron chi connectivity index (χ4n) is 1.72. The summed E-state index contributed by atoms with van der Waals surface area (Å²) in [6.45, 7) is 3.35. The fourth-order valence-corrected chi connectivity index (χ4v) is 1.72. The van der Waals surface area contributed by atoms with Gasteiger partial charge in [-0.05, 0) is 18.1 Å². The summed E-state index contributed by atoms with van der Waals surface area (Å²) in [4.78, 5) is 11.2. The van der Waals surface area contributed by atoms with Crippen molar-refractivity contribution in [2.75, 3.05) is 6.61 Å². The summed E-state index contributed by atoms with van der Waals surface area (Å²) >= 11 is 0. The van der Waals surface area contributed by atoms with Crippen LogP contribution < -0.4 is 5.32 Å². The number of aryl methyl sites for hydroxylation is 1. The maximum atomic E-state index is 11.2. The largest absolute Gasteiger partial charge is 0.464 e. The van der Waals surface area contributed by atoms with Crippen molar-refractivity contribution in [1.82, 2.24) is 5.32 Å². The predicted molar refractivity (Wildman–Crippen MR) is 57.4 cm³/mol. The zero-order chi connectivity index (χ0) is 10.7. The van der Waals surface area contributed by atoms with E-state index in [0.29, 0.717) is 6.61 Å². The minimum atomic E-state index is -0.122. The van der Waals surface area contributed by atoms with Gasteiger partial charge < -0.3 is 10.1 Å². The molecule has 1 aliphatic rings. The lowest BCUT2D eigenvalue weighted by Crippen LogP contribution is -2.32. The summed E-state index contributed by atoms with van der Waals surface area (Å²) < 4.78 is 4.88. The molecule has 1 fully saturated rings. The zero-order valence-corrected chi connectivity index (χ0v) is 8.82. The second-order valence-electron chi connectivity index (χ2n) is 3.82. The van der Waals surface area contributed by atoms with Gasteiger partial charge in [-0.25, -0.2) is 0 Å². The monoisotopic (exact) mass is 205 g/mol.